The van der Waals surface area contributed by atoms with Crippen molar-refractivity contribution in [1.29, 1.82) is 0 Å². The van der Waals surface area contributed by atoms with E-state index < -0.39 is 0 Å². The van der Waals surface area contributed by atoms with Crippen LogP contribution in [0.1, 0.15) is 22.3 Å². The molecule has 0 bridgehead atoms. The number of benzene rings is 1. The zero-order valence-electron chi connectivity index (χ0n) is 13.2. The lowest BCUT2D eigenvalue weighted by atomic mass is 10.1. The summed E-state index contributed by atoms with van der Waals surface area (Å²) in [7, 11) is 1.71. The summed E-state index contributed by atoms with van der Waals surface area (Å²) in [5.74, 6) is 0.114. The van der Waals surface area contributed by atoms with Gasteiger partial charge >= 0.3 is 0 Å². The van der Waals surface area contributed by atoms with Gasteiger partial charge in [0.25, 0.3) is 5.91 Å². The highest BCUT2D eigenvalue weighted by molar-refractivity contribution is 5.94. The van der Waals surface area contributed by atoms with E-state index in [1.165, 1.54) is 5.56 Å². The number of likely N-dealkylation sites (tertiary alicyclic amines) is 1. The van der Waals surface area contributed by atoms with Gasteiger partial charge in [-0.2, -0.15) is 0 Å². The third-order valence-electron chi connectivity index (χ3n) is 4.45. The molecule has 2 aliphatic heterocycles. The van der Waals surface area contributed by atoms with Crippen LogP contribution in [0.25, 0.3) is 0 Å². The number of ether oxygens (including phenoxy) is 2. The third kappa shape index (κ3) is 3.66. The number of carbonyl (C=O) groups excluding carboxylic acids is 1. The molecule has 1 amide bonds. The fraction of sp³-hybridized carbons (Fsp3) is 0.588. The molecular weight excluding hydrogens is 280 g/mol. The van der Waals surface area contributed by atoms with Gasteiger partial charge in [-0.1, -0.05) is 12.1 Å². The van der Waals surface area contributed by atoms with E-state index in [0.717, 1.165) is 51.4 Å². The molecule has 120 valence electrons. The molecule has 5 nitrogen and oxygen atoms in total. The maximum Gasteiger partial charge on any atom is 0.253 e. The number of morpholine rings is 1. The molecule has 0 spiro atoms. The third-order valence-corrected chi connectivity index (χ3v) is 4.45. The molecule has 22 heavy (non-hydrogen) atoms. The predicted molar refractivity (Wildman–Crippen MR) is 83.9 cm³/mol. The Balaban J connectivity index is 1.64. The van der Waals surface area contributed by atoms with Crippen LogP contribution in [0.15, 0.2) is 24.3 Å². The van der Waals surface area contributed by atoms with E-state index in [0.29, 0.717) is 6.54 Å². The maximum atomic E-state index is 12.6. The van der Waals surface area contributed by atoms with Crippen molar-refractivity contribution in [1.82, 2.24) is 9.80 Å². The fourth-order valence-electron chi connectivity index (χ4n) is 3.11. The van der Waals surface area contributed by atoms with E-state index in [-0.39, 0.29) is 12.0 Å². The van der Waals surface area contributed by atoms with Gasteiger partial charge in [0.15, 0.2) is 0 Å². The van der Waals surface area contributed by atoms with Gasteiger partial charge in [-0.15, -0.1) is 0 Å². The molecule has 0 radical (unpaired) electrons. The Morgan fingerprint density at radius 2 is 2.14 bits per heavy atom. The average molecular weight is 304 g/mol. The predicted octanol–water partition coefficient (Wildman–Crippen LogP) is 1.38. The number of rotatable bonds is 4. The van der Waals surface area contributed by atoms with Crippen molar-refractivity contribution >= 4 is 5.91 Å². The van der Waals surface area contributed by atoms with Crippen LogP contribution in [-0.4, -0.2) is 68.3 Å². The molecule has 0 aromatic heterocycles. The zero-order chi connectivity index (χ0) is 15.4. The molecule has 1 atom stereocenters. The minimum atomic E-state index is 0.114. The molecule has 1 aromatic carbocycles. The Kier molecular flexibility index (Phi) is 5.08. The first-order chi connectivity index (χ1) is 10.8. The van der Waals surface area contributed by atoms with Crippen molar-refractivity contribution in [2.24, 2.45) is 0 Å². The second kappa shape index (κ2) is 7.22. The second-order valence-electron chi connectivity index (χ2n) is 5.99. The number of hydrogen-bond acceptors (Lipinski definition) is 4. The summed E-state index contributed by atoms with van der Waals surface area (Å²) in [5, 5.41) is 0. The van der Waals surface area contributed by atoms with Gasteiger partial charge in [0, 0.05) is 45.4 Å². The number of nitrogens with zero attached hydrogens (tertiary/aromatic N) is 2. The SMILES string of the molecule is CO[C@H]1CCN(C(=O)c2cccc(CN3CCOCC3)c2)C1. The van der Waals surface area contributed by atoms with Crippen molar-refractivity contribution in [2.45, 2.75) is 19.1 Å². The van der Waals surface area contributed by atoms with Crippen LogP contribution in [0.2, 0.25) is 0 Å². The Morgan fingerprint density at radius 3 is 2.86 bits per heavy atom. The van der Waals surface area contributed by atoms with Crippen molar-refractivity contribution in [3.05, 3.63) is 35.4 Å². The fourth-order valence-corrected chi connectivity index (χ4v) is 3.11. The number of methoxy groups -OCH3 is 1. The quantitative estimate of drug-likeness (QED) is 0.843. The zero-order valence-corrected chi connectivity index (χ0v) is 13.2. The van der Waals surface area contributed by atoms with E-state index in [4.69, 9.17) is 9.47 Å². The molecule has 5 heteroatoms. The van der Waals surface area contributed by atoms with Gasteiger partial charge in [0.05, 0.1) is 19.3 Å². The molecule has 0 N–H and O–H groups in total. The summed E-state index contributed by atoms with van der Waals surface area (Å²) in [6.45, 7) is 5.87. The lowest BCUT2D eigenvalue weighted by Crippen LogP contribution is -2.35. The monoisotopic (exact) mass is 304 g/mol. The molecule has 0 aliphatic carbocycles. The Bertz CT molecular complexity index is 514. The normalized spacial score (nSPS) is 23.0. The molecule has 0 unspecified atom stereocenters. The highest BCUT2D eigenvalue weighted by Gasteiger charge is 2.26. The summed E-state index contributed by atoms with van der Waals surface area (Å²) < 4.78 is 10.7. The first kappa shape index (κ1) is 15.5. The molecule has 3 rings (SSSR count). The summed E-state index contributed by atoms with van der Waals surface area (Å²) >= 11 is 0. The molecule has 2 fully saturated rings. The van der Waals surface area contributed by atoms with E-state index in [2.05, 4.69) is 11.0 Å². The van der Waals surface area contributed by atoms with Crippen LogP contribution in [-0.2, 0) is 16.0 Å². The van der Waals surface area contributed by atoms with Crippen LogP contribution in [0.5, 0.6) is 0 Å². The Labute approximate surface area is 131 Å². The largest absolute Gasteiger partial charge is 0.380 e. The van der Waals surface area contributed by atoms with Crippen molar-refractivity contribution in [3.8, 4) is 0 Å². The van der Waals surface area contributed by atoms with Gasteiger partial charge in [0.2, 0.25) is 0 Å². The first-order valence-corrected chi connectivity index (χ1v) is 7.97. The van der Waals surface area contributed by atoms with Crippen molar-refractivity contribution < 1.29 is 14.3 Å². The smallest absolute Gasteiger partial charge is 0.253 e. The van der Waals surface area contributed by atoms with Gasteiger partial charge in [-0.05, 0) is 24.1 Å². The van der Waals surface area contributed by atoms with Gasteiger partial charge in [-0.3, -0.25) is 9.69 Å². The highest BCUT2D eigenvalue weighted by atomic mass is 16.5. The summed E-state index contributed by atoms with van der Waals surface area (Å²) in [4.78, 5) is 16.8. The standard InChI is InChI=1S/C17H24N2O3/c1-21-16-5-6-19(13-16)17(20)15-4-2-3-14(11-15)12-18-7-9-22-10-8-18/h2-4,11,16H,5-10,12-13H2,1H3/t16-/m0/s1. The molecule has 0 saturated carbocycles. The summed E-state index contributed by atoms with van der Waals surface area (Å²) in [5.41, 5.74) is 1.97. The molecular formula is C17H24N2O3. The van der Waals surface area contributed by atoms with Crippen LogP contribution in [0.3, 0.4) is 0 Å². The van der Waals surface area contributed by atoms with Crippen LogP contribution in [0, 0.1) is 0 Å². The number of hydrogen-bond donors (Lipinski definition) is 0. The van der Waals surface area contributed by atoms with E-state index in [9.17, 15) is 4.79 Å². The second-order valence-corrected chi connectivity index (χ2v) is 5.99. The van der Waals surface area contributed by atoms with E-state index >= 15 is 0 Å². The highest BCUT2D eigenvalue weighted by Crippen LogP contribution is 2.17. The molecule has 2 saturated heterocycles. The maximum absolute atomic E-state index is 12.6. The minimum absolute atomic E-state index is 0.114. The summed E-state index contributed by atoms with van der Waals surface area (Å²) in [6, 6.07) is 8.00. The molecule has 2 heterocycles. The van der Waals surface area contributed by atoms with Crippen molar-refractivity contribution in [2.75, 3.05) is 46.5 Å². The van der Waals surface area contributed by atoms with Crippen LogP contribution < -0.4 is 0 Å². The topological polar surface area (TPSA) is 42.0 Å². The van der Waals surface area contributed by atoms with E-state index in [1.807, 2.05) is 23.1 Å². The minimum Gasteiger partial charge on any atom is -0.380 e. The average Bonchev–Trinajstić information content (AvgIpc) is 3.04. The van der Waals surface area contributed by atoms with E-state index in [1.54, 1.807) is 7.11 Å². The number of carbonyl (C=O) groups is 1. The number of amides is 1. The lowest BCUT2D eigenvalue weighted by Gasteiger charge is -2.26. The van der Waals surface area contributed by atoms with Gasteiger partial charge < -0.3 is 14.4 Å². The lowest BCUT2D eigenvalue weighted by molar-refractivity contribution is 0.0341. The van der Waals surface area contributed by atoms with Crippen LogP contribution >= 0.6 is 0 Å². The molecule has 2 aliphatic rings. The molecule has 1 aromatic rings. The van der Waals surface area contributed by atoms with Crippen molar-refractivity contribution in [3.63, 3.8) is 0 Å². The van der Waals surface area contributed by atoms with Gasteiger partial charge in [0.1, 0.15) is 0 Å². The van der Waals surface area contributed by atoms with Gasteiger partial charge in [-0.25, -0.2) is 0 Å². The first-order valence-electron chi connectivity index (χ1n) is 7.97. The summed E-state index contributed by atoms with van der Waals surface area (Å²) in [6.07, 6.45) is 1.11. The van der Waals surface area contributed by atoms with Crippen LogP contribution in [0.4, 0.5) is 0 Å². The Morgan fingerprint density at radius 1 is 1.32 bits per heavy atom. The Hall–Kier alpha value is -1.43.